The van der Waals surface area contributed by atoms with Crippen molar-refractivity contribution < 1.29 is 9.66 Å². The summed E-state index contributed by atoms with van der Waals surface area (Å²) < 4.78 is 9.23. The summed E-state index contributed by atoms with van der Waals surface area (Å²) in [6, 6.07) is 6.44. The third-order valence-electron chi connectivity index (χ3n) is 6.56. The van der Waals surface area contributed by atoms with Crippen molar-refractivity contribution in [2.75, 3.05) is 7.11 Å². The summed E-state index contributed by atoms with van der Waals surface area (Å²) >= 11 is 0. The summed E-state index contributed by atoms with van der Waals surface area (Å²) in [5.41, 5.74) is 4.36. The van der Waals surface area contributed by atoms with Gasteiger partial charge >= 0.3 is 0 Å². The number of non-ortho nitro benzene ring substituents is 1. The third-order valence-corrected chi connectivity index (χ3v) is 6.56. The highest BCUT2D eigenvalue weighted by atomic mass is 16.6. The van der Waals surface area contributed by atoms with Crippen LogP contribution in [0.1, 0.15) is 95.4 Å². The number of aryl methyl sites for hydroxylation is 3. The minimum absolute atomic E-state index is 0.0745. The van der Waals surface area contributed by atoms with Crippen molar-refractivity contribution in [3.05, 3.63) is 63.6 Å². The fourth-order valence-corrected chi connectivity index (χ4v) is 4.39. The van der Waals surface area contributed by atoms with Crippen molar-refractivity contribution in [1.82, 2.24) is 19.6 Å². The Bertz CT molecular complexity index is 1060. The number of nitro benzene ring substituents is 1. The molecule has 3 aromatic rings. The smallest absolute Gasteiger partial charge is 0.269 e. The molecular weight excluding hydrogens is 466 g/mol. The van der Waals surface area contributed by atoms with Gasteiger partial charge in [0.15, 0.2) is 0 Å². The SMILES string of the molecule is CCCCCCCCCCCc1nn(-c2ccc([N+](=O)[O-])cc2)c(OC)c1CC.CCc1cnn(C)c1. The van der Waals surface area contributed by atoms with Gasteiger partial charge in [-0.15, -0.1) is 0 Å². The molecule has 2 aromatic heterocycles. The van der Waals surface area contributed by atoms with E-state index in [4.69, 9.17) is 9.84 Å². The van der Waals surface area contributed by atoms with Crippen LogP contribution in [0.25, 0.3) is 5.69 Å². The van der Waals surface area contributed by atoms with Crippen LogP contribution in [0.15, 0.2) is 36.7 Å². The van der Waals surface area contributed by atoms with E-state index in [0.717, 1.165) is 48.5 Å². The lowest BCUT2D eigenvalue weighted by molar-refractivity contribution is -0.384. The zero-order valence-electron chi connectivity index (χ0n) is 23.4. The molecule has 3 rings (SSSR count). The van der Waals surface area contributed by atoms with Crippen molar-refractivity contribution in [3.8, 4) is 11.6 Å². The summed E-state index contributed by atoms with van der Waals surface area (Å²) in [7, 11) is 3.58. The molecule has 0 bridgehead atoms. The Balaban J connectivity index is 0.000000510. The Kier molecular flexibility index (Phi) is 13.5. The van der Waals surface area contributed by atoms with E-state index in [0.29, 0.717) is 0 Å². The highest BCUT2D eigenvalue weighted by Crippen LogP contribution is 2.28. The summed E-state index contributed by atoms with van der Waals surface area (Å²) in [4.78, 5) is 10.5. The van der Waals surface area contributed by atoms with Gasteiger partial charge in [0, 0.05) is 30.9 Å². The van der Waals surface area contributed by atoms with E-state index in [9.17, 15) is 10.1 Å². The third kappa shape index (κ3) is 9.67. The first-order valence-corrected chi connectivity index (χ1v) is 13.8. The fraction of sp³-hybridized carbons (Fsp3) is 0.586. The van der Waals surface area contributed by atoms with Crippen LogP contribution in [0.3, 0.4) is 0 Å². The number of aromatic nitrogens is 4. The summed E-state index contributed by atoms with van der Waals surface area (Å²) in [6.07, 6.45) is 18.5. The zero-order chi connectivity index (χ0) is 27.0. The largest absolute Gasteiger partial charge is 0.481 e. The molecule has 0 spiro atoms. The molecule has 0 radical (unpaired) electrons. The van der Waals surface area contributed by atoms with E-state index >= 15 is 0 Å². The molecule has 0 saturated carbocycles. The topological polar surface area (TPSA) is 88.0 Å². The van der Waals surface area contributed by atoms with E-state index in [-0.39, 0.29) is 5.69 Å². The number of methoxy groups -OCH3 is 1. The molecule has 1 aromatic carbocycles. The number of ether oxygens (including phenoxy) is 1. The van der Waals surface area contributed by atoms with Crippen molar-refractivity contribution in [3.63, 3.8) is 0 Å². The van der Waals surface area contributed by atoms with Crippen LogP contribution >= 0.6 is 0 Å². The monoisotopic (exact) mass is 511 g/mol. The molecule has 0 aliphatic rings. The number of hydrogen-bond donors (Lipinski definition) is 0. The Morgan fingerprint density at radius 2 is 1.54 bits per heavy atom. The zero-order valence-corrected chi connectivity index (χ0v) is 23.4. The molecule has 204 valence electrons. The Morgan fingerprint density at radius 1 is 0.919 bits per heavy atom. The van der Waals surface area contributed by atoms with Gasteiger partial charge in [-0.2, -0.15) is 10.2 Å². The normalized spacial score (nSPS) is 10.7. The number of benzene rings is 1. The van der Waals surface area contributed by atoms with Crippen LogP contribution in [-0.2, 0) is 26.3 Å². The van der Waals surface area contributed by atoms with Crippen LogP contribution in [-0.4, -0.2) is 31.6 Å². The maximum Gasteiger partial charge on any atom is 0.269 e. The van der Waals surface area contributed by atoms with E-state index < -0.39 is 4.92 Å². The average Bonchev–Trinajstić information content (AvgIpc) is 3.50. The molecule has 37 heavy (non-hydrogen) atoms. The predicted octanol–water partition coefficient (Wildman–Crippen LogP) is 7.41. The maximum atomic E-state index is 10.9. The number of unbranched alkanes of at least 4 members (excludes halogenated alkanes) is 8. The first-order chi connectivity index (χ1) is 17.9. The minimum atomic E-state index is -0.392. The first kappa shape index (κ1) is 30.1. The van der Waals surface area contributed by atoms with E-state index in [2.05, 4.69) is 25.9 Å². The lowest BCUT2D eigenvalue weighted by atomic mass is 10.0. The second-order valence-electron chi connectivity index (χ2n) is 9.43. The van der Waals surface area contributed by atoms with E-state index in [1.165, 1.54) is 69.1 Å². The highest BCUT2D eigenvalue weighted by Gasteiger charge is 2.18. The molecule has 0 amide bonds. The van der Waals surface area contributed by atoms with Crippen LogP contribution in [0, 0.1) is 10.1 Å². The molecule has 0 atom stereocenters. The molecule has 0 aliphatic heterocycles. The molecule has 0 N–H and O–H groups in total. The predicted molar refractivity (Wildman–Crippen MR) is 150 cm³/mol. The molecule has 0 aliphatic carbocycles. The van der Waals surface area contributed by atoms with Crippen LogP contribution in [0.2, 0.25) is 0 Å². The Hall–Kier alpha value is -3.16. The molecular formula is C29H45N5O3. The number of hydrogen-bond acceptors (Lipinski definition) is 5. The van der Waals surface area contributed by atoms with E-state index in [1.807, 2.05) is 24.1 Å². The highest BCUT2D eigenvalue weighted by molar-refractivity contribution is 5.45. The second-order valence-corrected chi connectivity index (χ2v) is 9.43. The fourth-order valence-electron chi connectivity index (χ4n) is 4.39. The molecule has 0 fully saturated rings. The average molecular weight is 512 g/mol. The summed E-state index contributed by atoms with van der Waals surface area (Å²) in [6.45, 7) is 6.49. The van der Waals surface area contributed by atoms with E-state index in [1.54, 1.807) is 23.9 Å². The van der Waals surface area contributed by atoms with Crippen molar-refractivity contribution >= 4 is 5.69 Å². The number of rotatable bonds is 15. The van der Waals surface area contributed by atoms with Gasteiger partial charge in [0.2, 0.25) is 5.88 Å². The van der Waals surface area contributed by atoms with Crippen LogP contribution in [0.5, 0.6) is 5.88 Å². The lowest BCUT2D eigenvalue weighted by Gasteiger charge is -2.07. The molecule has 8 heteroatoms. The van der Waals surface area contributed by atoms with Crippen LogP contribution < -0.4 is 4.74 Å². The standard InChI is InChI=1S/C23H35N3O3.C6H10N2/c1-4-6-7-8-9-10-11-12-13-14-22-21(5-2)23(29-3)25(24-22)19-15-17-20(18-16-19)26(27)28;1-3-6-4-7-8(2)5-6/h15-18H,4-14H2,1-3H3;4-5H,3H2,1-2H3. The van der Waals surface area contributed by atoms with Gasteiger partial charge in [0.05, 0.1) is 29.6 Å². The van der Waals surface area contributed by atoms with Gasteiger partial charge in [-0.25, -0.2) is 4.68 Å². The van der Waals surface area contributed by atoms with Gasteiger partial charge in [-0.1, -0.05) is 72.1 Å². The van der Waals surface area contributed by atoms with Crippen molar-refractivity contribution in [2.45, 2.75) is 97.8 Å². The Labute approximate surface area is 222 Å². The number of nitro groups is 1. The maximum absolute atomic E-state index is 10.9. The van der Waals surface area contributed by atoms with Gasteiger partial charge in [0.25, 0.3) is 5.69 Å². The molecule has 0 saturated heterocycles. The summed E-state index contributed by atoms with van der Waals surface area (Å²) in [5, 5.41) is 19.7. The second kappa shape index (κ2) is 16.6. The molecule has 2 heterocycles. The van der Waals surface area contributed by atoms with Gasteiger partial charge in [0.1, 0.15) is 0 Å². The lowest BCUT2D eigenvalue weighted by Crippen LogP contribution is -2.01. The molecule has 8 nitrogen and oxygen atoms in total. The van der Waals surface area contributed by atoms with Gasteiger partial charge in [-0.05, 0) is 43.4 Å². The van der Waals surface area contributed by atoms with Crippen LogP contribution in [0.4, 0.5) is 5.69 Å². The molecule has 0 unspecified atom stereocenters. The quantitative estimate of drug-likeness (QED) is 0.120. The number of nitrogens with zero attached hydrogens (tertiary/aromatic N) is 5. The summed E-state index contributed by atoms with van der Waals surface area (Å²) in [5.74, 6) is 0.729. The van der Waals surface area contributed by atoms with Gasteiger partial charge < -0.3 is 4.74 Å². The van der Waals surface area contributed by atoms with Crippen molar-refractivity contribution in [2.24, 2.45) is 7.05 Å². The van der Waals surface area contributed by atoms with Gasteiger partial charge in [-0.3, -0.25) is 14.8 Å². The minimum Gasteiger partial charge on any atom is -0.481 e. The Morgan fingerprint density at radius 3 is 2.00 bits per heavy atom. The first-order valence-electron chi connectivity index (χ1n) is 13.8. The van der Waals surface area contributed by atoms with Crippen molar-refractivity contribution in [1.29, 1.82) is 0 Å².